The molecule has 0 radical (unpaired) electrons. The highest BCUT2D eigenvalue weighted by atomic mass is 16.5. The van der Waals surface area contributed by atoms with Gasteiger partial charge in [-0.25, -0.2) is 0 Å². The predicted octanol–water partition coefficient (Wildman–Crippen LogP) is 4.69. The second-order valence-electron chi connectivity index (χ2n) is 6.32. The molecular weight excluding hydrogens is 326 g/mol. The van der Waals surface area contributed by atoms with Gasteiger partial charge in [0, 0.05) is 6.08 Å². The SMILES string of the molecule is CCCOc1ccc(/C=C/C(=O)N2CC(CC)Oc3ccccc32)cc1. The Balaban J connectivity index is 1.72. The van der Waals surface area contributed by atoms with E-state index in [2.05, 4.69) is 13.8 Å². The summed E-state index contributed by atoms with van der Waals surface area (Å²) < 4.78 is 11.5. The van der Waals surface area contributed by atoms with Crippen molar-refractivity contribution in [3.05, 3.63) is 60.2 Å². The van der Waals surface area contributed by atoms with Gasteiger partial charge in [-0.05, 0) is 48.7 Å². The Hall–Kier alpha value is -2.75. The molecule has 1 heterocycles. The van der Waals surface area contributed by atoms with Crippen LogP contribution in [0.4, 0.5) is 5.69 Å². The fraction of sp³-hybridized carbons (Fsp3) is 0.318. The van der Waals surface area contributed by atoms with Crippen LogP contribution < -0.4 is 14.4 Å². The number of carbonyl (C=O) groups is 1. The number of fused-ring (bicyclic) bond motifs is 1. The average Bonchev–Trinajstić information content (AvgIpc) is 2.70. The molecule has 4 heteroatoms. The largest absolute Gasteiger partial charge is 0.494 e. The lowest BCUT2D eigenvalue weighted by molar-refractivity contribution is -0.114. The number of anilines is 1. The molecule has 4 nitrogen and oxygen atoms in total. The first-order valence-corrected chi connectivity index (χ1v) is 9.19. The Morgan fingerprint density at radius 2 is 1.96 bits per heavy atom. The minimum Gasteiger partial charge on any atom is -0.494 e. The van der Waals surface area contributed by atoms with E-state index in [9.17, 15) is 4.79 Å². The maximum Gasteiger partial charge on any atom is 0.251 e. The summed E-state index contributed by atoms with van der Waals surface area (Å²) in [5, 5.41) is 0. The van der Waals surface area contributed by atoms with Crippen molar-refractivity contribution in [1.29, 1.82) is 0 Å². The molecule has 0 aliphatic carbocycles. The summed E-state index contributed by atoms with van der Waals surface area (Å²) in [5.41, 5.74) is 1.80. The first-order valence-electron chi connectivity index (χ1n) is 9.19. The van der Waals surface area contributed by atoms with Crippen molar-refractivity contribution in [1.82, 2.24) is 0 Å². The Morgan fingerprint density at radius 1 is 1.19 bits per heavy atom. The third-order valence-electron chi connectivity index (χ3n) is 4.33. The van der Waals surface area contributed by atoms with Crippen LogP contribution in [0.15, 0.2) is 54.6 Å². The molecule has 0 saturated carbocycles. The highest BCUT2D eigenvalue weighted by Crippen LogP contribution is 2.33. The van der Waals surface area contributed by atoms with E-state index in [0.717, 1.165) is 35.6 Å². The second kappa shape index (κ2) is 8.56. The van der Waals surface area contributed by atoms with Crippen molar-refractivity contribution in [2.45, 2.75) is 32.8 Å². The standard InChI is InChI=1S/C22H25NO3/c1-3-15-25-19-12-9-17(10-13-19)11-14-22(24)23-16-18(4-2)26-21-8-6-5-7-20(21)23/h5-14,18H,3-4,15-16H2,1-2H3/b14-11+. The van der Waals surface area contributed by atoms with Gasteiger partial charge in [0.1, 0.15) is 17.6 Å². The zero-order chi connectivity index (χ0) is 18.4. The molecule has 0 saturated heterocycles. The first-order chi connectivity index (χ1) is 12.7. The normalized spacial score (nSPS) is 16.2. The quantitative estimate of drug-likeness (QED) is 0.709. The smallest absolute Gasteiger partial charge is 0.251 e. The van der Waals surface area contributed by atoms with Crippen LogP contribution in [0.3, 0.4) is 0 Å². The number of rotatable bonds is 6. The van der Waals surface area contributed by atoms with Crippen molar-refractivity contribution in [2.75, 3.05) is 18.1 Å². The van der Waals surface area contributed by atoms with Crippen molar-refractivity contribution in [3.8, 4) is 11.5 Å². The lowest BCUT2D eigenvalue weighted by Gasteiger charge is -2.34. The second-order valence-corrected chi connectivity index (χ2v) is 6.32. The fourth-order valence-corrected chi connectivity index (χ4v) is 2.87. The summed E-state index contributed by atoms with van der Waals surface area (Å²) in [7, 11) is 0. The summed E-state index contributed by atoms with van der Waals surface area (Å²) in [6, 6.07) is 15.5. The highest BCUT2D eigenvalue weighted by molar-refractivity contribution is 6.05. The third-order valence-corrected chi connectivity index (χ3v) is 4.33. The Kier molecular flexibility index (Phi) is 5.95. The van der Waals surface area contributed by atoms with Crippen LogP contribution in [0.1, 0.15) is 32.3 Å². The molecule has 1 amide bonds. The fourth-order valence-electron chi connectivity index (χ4n) is 2.87. The molecule has 0 N–H and O–H groups in total. The molecule has 0 fully saturated rings. The van der Waals surface area contributed by atoms with Crippen molar-refractivity contribution in [2.24, 2.45) is 0 Å². The maximum atomic E-state index is 12.8. The van der Waals surface area contributed by atoms with Crippen LogP contribution in [-0.4, -0.2) is 25.2 Å². The van der Waals surface area contributed by atoms with E-state index >= 15 is 0 Å². The number of ether oxygens (including phenoxy) is 2. The van der Waals surface area contributed by atoms with Gasteiger partial charge < -0.3 is 14.4 Å². The molecule has 2 aromatic rings. The van der Waals surface area contributed by atoms with Crippen LogP contribution in [0, 0.1) is 0 Å². The maximum absolute atomic E-state index is 12.8. The summed E-state index contributed by atoms with van der Waals surface area (Å²) in [6.45, 7) is 5.43. The molecule has 2 aromatic carbocycles. The number of hydrogen-bond acceptors (Lipinski definition) is 3. The van der Waals surface area contributed by atoms with Crippen molar-refractivity contribution in [3.63, 3.8) is 0 Å². The zero-order valence-corrected chi connectivity index (χ0v) is 15.4. The zero-order valence-electron chi connectivity index (χ0n) is 15.4. The van der Waals surface area contributed by atoms with Gasteiger partial charge in [-0.2, -0.15) is 0 Å². The summed E-state index contributed by atoms with van der Waals surface area (Å²) in [5.74, 6) is 1.58. The molecule has 1 aliphatic heterocycles. The van der Waals surface area contributed by atoms with E-state index in [1.165, 1.54) is 0 Å². The number of nitrogens with zero attached hydrogens (tertiary/aromatic N) is 1. The van der Waals surface area contributed by atoms with Gasteiger partial charge in [0.2, 0.25) is 0 Å². The summed E-state index contributed by atoms with van der Waals surface area (Å²) in [6.07, 6.45) is 5.33. The lowest BCUT2D eigenvalue weighted by atomic mass is 10.1. The molecule has 26 heavy (non-hydrogen) atoms. The van der Waals surface area contributed by atoms with E-state index in [-0.39, 0.29) is 12.0 Å². The Bertz CT molecular complexity index is 767. The minimum absolute atomic E-state index is 0.0252. The summed E-state index contributed by atoms with van der Waals surface area (Å²) >= 11 is 0. The van der Waals surface area contributed by atoms with Crippen LogP contribution in [0.25, 0.3) is 6.08 Å². The van der Waals surface area contributed by atoms with E-state index < -0.39 is 0 Å². The van der Waals surface area contributed by atoms with Crippen LogP contribution in [0.2, 0.25) is 0 Å². The molecule has 1 atom stereocenters. The van der Waals surface area contributed by atoms with Crippen molar-refractivity contribution < 1.29 is 14.3 Å². The Labute approximate surface area is 155 Å². The van der Waals surface area contributed by atoms with Gasteiger partial charge >= 0.3 is 0 Å². The lowest BCUT2D eigenvalue weighted by Crippen LogP contribution is -2.42. The highest BCUT2D eigenvalue weighted by Gasteiger charge is 2.27. The number of benzene rings is 2. The average molecular weight is 351 g/mol. The van der Waals surface area contributed by atoms with Crippen LogP contribution >= 0.6 is 0 Å². The molecule has 3 rings (SSSR count). The van der Waals surface area contributed by atoms with Gasteiger partial charge in [0.05, 0.1) is 18.8 Å². The molecule has 0 spiro atoms. The van der Waals surface area contributed by atoms with E-state index in [1.807, 2.05) is 54.6 Å². The van der Waals surface area contributed by atoms with Crippen molar-refractivity contribution >= 4 is 17.7 Å². The van der Waals surface area contributed by atoms with Gasteiger partial charge in [0.15, 0.2) is 0 Å². The first kappa shape index (κ1) is 18.1. The minimum atomic E-state index is -0.0366. The van der Waals surface area contributed by atoms with E-state index in [1.54, 1.807) is 11.0 Å². The molecule has 136 valence electrons. The molecular formula is C22H25NO3. The van der Waals surface area contributed by atoms with Crippen LogP contribution in [-0.2, 0) is 4.79 Å². The molecule has 0 aromatic heterocycles. The van der Waals surface area contributed by atoms with Crippen LogP contribution in [0.5, 0.6) is 11.5 Å². The number of para-hydroxylation sites is 2. The van der Waals surface area contributed by atoms with Gasteiger partial charge in [-0.15, -0.1) is 0 Å². The number of amides is 1. The topological polar surface area (TPSA) is 38.8 Å². The summed E-state index contributed by atoms with van der Waals surface area (Å²) in [4.78, 5) is 14.6. The van der Waals surface area contributed by atoms with Gasteiger partial charge in [-0.3, -0.25) is 4.79 Å². The van der Waals surface area contributed by atoms with Gasteiger partial charge in [-0.1, -0.05) is 38.1 Å². The molecule has 0 bridgehead atoms. The molecule has 1 unspecified atom stereocenters. The van der Waals surface area contributed by atoms with Gasteiger partial charge in [0.25, 0.3) is 5.91 Å². The molecule has 1 aliphatic rings. The number of carbonyl (C=O) groups excluding carboxylic acids is 1. The monoisotopic (exact) mass is 351 g/mol. The third kappa shape index (κ3) is 4.26. The Morgan fingerprint density at radius 3 is 2.69 bits per heavy atom. The predicted molar refractivity (Wildman–Crippen MR) is 105 cm³/mol. The number of hydrogen-bond donors (Lipinski definition) is 0. The van der Waals surface area contributed by atoms with E-state index in [4.69, 9.17) is 9.47 Å². The van der Waals surface area contributed by atoms with E-state index in [0.29, 0.717) is 13.2 Å².